The molecular formula is C24H33NO5S. The number of rotatable bonds is 7. The third-order valence-corrected chi connectivity index (χ3v) is 7.27. The molecule has 1 fully saturated rings. The first-order valence-corrected chi connectivity index (χ1v) is 12.2. The van der Waals surface area contributed by atoms with Crippen molar-refractivity contribution >= 4 is 15.7 Å². The third kappa shape index (κ3) is 5.79. The van der Waals surface area contributed by atoms with Crippen molar-refractivity contribution in [3.05, 3.63) is 53.6 Å². The molecule has 7 heteroatoms. The summed E-state index contributed by atoms with van der Waals surface area (Å²) in [5.74, 6) is 0.675. The maximum atomic E-state index is 13.5. The lowest BCUT2D eigenvalue weighted by Gasteiger charge is -2.30. The monoisotopic (exact) mass is 447 g/mol. The first kappa shape index (κ1) is 23.6. The van der Waals surface area contributed by atoms with Crippen LogP contribution in [0.2, 0.25) is 0 Å². The zero-order chi connectivity index (χ0) is 22.8. The highest BCUT2D eigenvalue weighted by molar-refractivity contribution is 7.92. The fourth-order valence-electron chi connectivity index (χ4n) is 4.06. The number of hydrogen-bond acceptors (Lipinski definition) is 5. The normalized spacial score (nSPS) is 21.8. The maximum Gasteiger partial charge on any atom is 0.264 e. The zero-order valence-corrected chi connectivity index (χ0v) is 19.5. The summed E-state index contributed by atoms with van der Waals surface area (Å²) in [5.41, 5.74) is 2.69. The van der Waals surface area contributed by atoms with Gasteiger partial charge in [0.2, 0.25) is 0 Å². The lowest BCUT2D eigenvalue weighted by atomic mass is 9.92. The second-order valence-corrected chi connectivity index (χ2v) is 10.8. The van der Waals surface area contributed by atoms with Crippen molar-refractivity contribution < 1.29 is 23.4 Å². The van der Waals surface area contributed by atoms with Crippen LogP contribution in [0.3, 0.4) is 0 Å². The molecule has 1 aliphatic carbocycles. The van der Waals surface area contributed by atoms with Gasteiger partial charge in [-0.1, -0.05) is 31.5 Å². The quantitative estimate of drug-likeness (QED) is 0.674. The number of benzene rings is 2. The smallest absolute Gasteiger partial charge is 0.264 e. The molecule has 170 valence electrons. The molecule has 6 nitrogen and oxygen atoms in total. The van der Waals surface area contributed by atoms with Gasteiger partial charge in [0.1, 0.15) is 11.9 Å². The summed E-state index contributed by atoms with van der Waals surface area (Å²) >= 11 is 0. The van der Waals surface area contributed by atoms with Crippen LogP contribution in [0.4, 0.5) is 5.69 Å². The Balaban J connectivity index is 1.84. The molecule has 3 rings (SSSR count). The van der Waals surface area contributed by atoms with Gasteiger partial charge in [-0.3, -0.25) is 4.31 Å². The Hall–Kier alpha value is -2.09. The van der Waals surface area contributed by atoms with E-state index in [1.165, 1.54) is 4.31 Å². The van der Waals surface area contributed by atoms with E-state index < -0.39 is 22.2 Å². The molecule has 0 radical (unpaired) electrons. The van der Waals surface area contributed by atoms with Crippen LogP contribution in [-0.2, 0) is 10.0 Å². The summed E-state index contributed by atoms with van der Waals surface area (Å²) in [6.07, 6.45) is -0.209. The van der Waals surface area contributed by atoms with Crippen LogP contribution in [0.1, 0.15) is 44.2 Å². The summed E-state index contributed by atoms with van der Waals surface area (Å²) in [7, 11) is -3.75. The van der Waals surface area contributed by atoms with Gasteiger partial charge < -0.3 is 14.9 Å². The lowest BCUT2D eigenvalue weighted by Crippen LogP contribution is -2.36. The van der Waals surface area contributed by atoms with Gasteiger partial charge in [-0.2, -0.15) is 0 Å². The Morgan fingerprint density at radius 3 is 2.16 bits per heavy atom. The van der Waals surface area contributed by atoms with E-state index in [0.29, 0.717) is 37.2 Å². The van der Waals surface area contributed by atoms with Crippen LogP contribution in [0.5, 0.6) is 5.75 Å². The molecule has 0 amide bonds. The molecule has 0 unspecified atom stereocenters. The zero-order valence-electron chi connectivity index (χ0n) is 18.7. The largest absolute Gasteiger partial charge is 0.490 e. The molecule has 1 aliphatic rings. The minimum atomic E-state index is -3.75. The first-order chi connectivity index (χ1) is 14.6. The number of aliphatic hydroxyl groups is 2. The van der Waals surface area contributed by atoms with Gasteiger partial charge in [0, 0.05) is 19.4 Å². The average molecular weight is 448 g/mol. The lowest BCUT2D eigenvalue weighted by molar-refractivity contribution is -0.0155. The number of anilines is 1. The molecule has 0 aromatic heterocycles. The van der Waals surface area contributed by atoms with Gasteiger partial charge >= 0.3 is 0 Å². The first-order valence-electron chi connectivity index (χ1n) is 10.8. The highest BCUT2D eigenvalue weighted by atomic mass is 32.2. The second-order valence-electron chi connectivity index (χ2n) is 8.95. The van der Waals surface area contributed by atoms with Gasteiger partial charge in [-0.25, -0.2) is 8.42 Å². The molecule has 0 bridgehead atoms. The minimum absolute atomic E-state index is 0.155. The van der Waals surface area contributed by atoms with Crippen molar-refractivity contribution in [2.75, 3.05) is 10.8 Å². The summed E-state index contributed by atoms with van der Waals surface area (Å²) in [4.78, 5) is 0.198. The molecule has 2 N–H and O–H groups in total. The summed E-state index contributed by atoms with van der Waals surface area (Å²) in [6, 6.07) is 12.2. The number of nitrogens with zero attached hydrogens (tertiary/aromatic N) is 1. The van der Waals surface area contributed by atoms with Crippen LogP contribution in [0.15, 0.2) is 47.4 Å². The fourth-order valence-corrected chi connectivity index (χ4v) is 5.75. The van der Waals surface area contributed by atoms with E-state index in [1.54, 1.807) is 24.3 Å². The molecule has 1 saturated carbocycles. The maximum absolute atomic E-state index is 13.5. The molecule has 31 heavy (non-hydrogen) atoms. The van der Waals surface area contributed by atoms with Crippen LogP contribution >= 0.6 is 0 Å². The van der Waals surface area contributed by atoms with Crippen LogP contribution in [0.25, 0.3) is 0 Å². The molecule has 0 saturated heterocycles. The van der Waals surface area contributed by atoms with Gasteiger partial charge in [0.25, 0.3) is 10.0 Å². The van der Waals surface area contributed by atoms with Crippen molar-refractivity contribution in [1.82, 2.24) is 0 Å². The molecule has 0 heterocycles. The van der Waals surface area contributed by atoms with Gasteiger partial charge in [-0.15, -0.1) is 0 Å². The number of sulfonamides is 1. The van der Waals surface area contributed by atoms with E-state index >= 15 is 0 Å². The topological polar surface area (TPSA) is 87.1 Å². The van der Waals surface area contributed by atoms with Crippen molar-refractivity contribution in [2.45, 2.75) is 70.2 Å². The van der Waals surface area contributed by atoms with E-state index in [-0.39, 0.29) is 16.9 Å². The van der Waals surface area contributed by atoms with Gasteiger partial charge in [-0.05, 0) is 62.1 Å². The summed E-state index contributed by atoms with van der Waals surface area (Å²) < 4.78 is 34.4. The van der Waals surface area contributed by atoms with Crippen LogP contribution < -0.4 is 9.04 Å². The van der Waals surface area contributed by atoms with E-state index in [1.807, 2.05) is 45.9 Å². The molecule has 2 aromatic carbocycles. The number of hydrogen-bond donors (Lipinski definition) is 2. The van der Waals surface area contributed by atoms with E-state index in [4.69, 9.17) is 4.74 Å². The standard InChI is InChI=1S/C24H33NO5S/c1-16(2)15-25(24-10-5-17(3)11-18(24)4)31(28,29)23-8-6-21(7-9-23)30-22-13-19(26)12-20(27)14-22/h5-11,16,19-20,22,26-27H,12-15H2,1-4H3/t19-,20+,22-. The summed E-state index contributed by atoms with van der Waals surface area (Å²) in [6.45, 7) is 8.28. The Morgan fingerprint density at radius 1 is 1.00 bits per heavy atom. The Bertz CT molecular complexity index is 978. The summed E-state index contributed by atoms with van der Waals surface area (Å²) in [5, 5.41) is 19.7. The Labute approximate surface area is 185 Å². The fraction of sp³-hybridized carbons (Fsp3) is 0.500. The Morgan fingerprint density at radius 2 is 1.61 bits per heavy atom. The SMILES string of the molecule is Cc1ccc(N(CC(C)C)S(=O)(=O)c2ccc(O[C@@H]3C[C@H](O)C[C@H](O)C3)cc2)c(C)c1. The highest BCUT2D eigenvalue weighted by Crippen LogP contribution is 2.30. The average Bonchev–Trinajstić information content (AvgIpc) is 2.66. The van der Waals surface area contributed by atoms with Crippen molar-refractivity contribution in [2.24, 2.45) is 5.92 Å². The minimum Gasteiger partial charge on any atom is -0.490 e. The number of aliphatic hydroxyl groups excluding tert-OH is 2. The molecule has 0 spiro atoms. The van der Waals surface area contributed by atoms with Crippen molar-refractivity contribution in [1.29, 1.82) is 0 Å². The Kier molecular flexibility index (Phi) is 7.29. The van der Waals surface area contributed by atoms with Gasteiger partial charge in [0.15, 0.2) is 0 Å². The van der Waals surface area contributed by atoms with E-state index in [2.05, 4.69) is 0 Å². The molecule has 2 aromatic rings. The molecule has 0 aliphatic heterocycles. The van der Waals surface area contributed by atoms with E-state index in [0.717, 1.165) is 11.1 Å². The van der Waals surface area contributed by atoms with Crippen LogP contribution in [-0.4, -0.2) is 43.5 Å². The number of ether oxygens (including phenoxy) is 1. The predicted molar refractivity (Wildman–Crippen MR) is 122 cm³/mol. The van der Waals surface area contributed by atoms with Crippen LogP contribution in [0, 0.1) is 19.8 Å². The molecular weight excluding hydrogens is 414 g/mol. The van der Waals surface area contributed by atoms with E-state index in [9.17, 15) is 18.6 Å². The number of aryl methyl sites for hydroxylation is 2. The van der Waals surface area contributed by atoms with Gasteiger partial charge in [0.05, 0.1) is 22.8 Å². The third-order valence-electron chi connectivity index (χ3n) is 5.48. The predicted octanol–water partition coefficient (Wildman–Crippen LogP) is 3.81. The van der Waals surface area contributed by atoms with Crippen molar-refractivity contribution in [3.63, 3.8) is 0 Å². The highest BCUT2D eigenvalue weighted by Gasteiger charge is 2.29. The van der Waals surface area contributed by atoms with Crippen molar-refractivity contribution in [3.8, 4) is 5.75 Å². The molecule has 3 atom stereocenters. The second kappa shape index (κ2) is 9.59.